The molecule has 10 nitrogen and oxygen atoms in total. The summed E-state index contributed by atoms with van der Waals surface area (Å²) >= 11 is 0. The highest BCUT2D eigenvalue weighted by Gasteiger charge is 2.18. The lowest BCUT2D eigenvalue weighted by Gasteiger charge is -2.04. The van der Waals surface area contributed by atoms with Crippen LogP contribution in [0.2, 0.25) is 0 Å². The number of rotatable bonds is 5. The molecule has 0 saturated carbocycles. The number of hydrogen-bond acceptors (Lipinski definition) is 8. The van der Waals surface area contributed by atoms with Crippen molar-refractivity contribution in [3.05, 3.63) is 59.2 Å². The first-order valence-electron chi connectivity index (χ1n) is 7.76. The second-order valence-corrected chi connectivity index (χ2v) is 7.38. The Morgan fingerprint density at radius 3 is 2.67 bits per heavy atom. The van der Waals surface area contributed by atoms with Gasteiger partial charge >= 0.3 is 5.76 Å². The normalized spacial score (nSPS) is 11.9. The van der Waals surface area contributed by atoms with Gasteiger partial charge in [-0.2, -0.15) is 0 Å². The topological polar surface area (TPSA) is 133 Å². The third-order valence-electron chi connectivity index (χ3n) is 3.88. The van der Waals surface area contributed by atoms with Crippen LogP contribution in [-0.4, -0.2) is 28.2 Å². The molecule has 0 amide bonds. The van der Waals surface area contributed by atoms with Gasteiger partial charge in [-0.3, -0.25) is 9.55 Å². The first-order chi connectivity index (χ1) is 12.9. The lowest BCUT2D eigenvalue weighted by atomic mass is 10.3. The van der Waals surface area contributed by atoms with Crippen LogP contribution < -0.4 is 10.5 Å². The minimum absolute atomic E-state index is 0.0433. The number of benzene rings is 1. The van der Waals surface area contributed by atoms with Crippen molar-refractivity contribution in [2.45, 2.75) is 11.4 Å². The smallest absolute Gasteiger partial charge is 0.419 e. The van der Waals surface area contributed by atoms with Crippen molar-refractivity contribution in [3.8, 4) is 11.5 Å². The van der Waals surface area contributed by atoms with Crippen LogP contribution in [0.3, 0.4) is 0 Å². The molecular formula is C16H13N5O5S. The largest absolute Gasteiger partial charge is 0.419 e. The number of hydrogen-bond donors (Lipinski definition) is 1. The summed E-state index contributed by atoms with van der Waals surface area (Å²) in [6, 6.07) is 7.57. The molecule has 138 valence electrons. The van der Waals surface area contributed by atoms with Gasteiger partial charge in [0.2, 0.25) is 21.8 Å². The van der Waals surface area contributed by atoms with E-state index in [0.717, 1.165) is 0 Å². The van der Waals surface area contributed by atoms with Gasteiger partial charge in [-0.15, -0.1) is 10.2 Å². The second kappa shape index (κ2) is 6.45. The van der Waals surface area contributed by atoms with E-state index in [9.17, 15) is 13.2 Å². The molecule has 1 aromatic carbocycles. The van der Waals surface area contributed by atoms with E-state index in [4.69, 9.17) is 8.83 Å². The fourth-order valence-electron chi connectivity index (χ4n) is 2.46. The Hall–Kier alpha value is -3.31. The van der Waals surface area contributed by atoms with Gasteiger partial charge in [-0.25, -0.2) is 17.9 Å². The maximum Gasteiger partial charge on any atom is 0.419 e. The summed E-state index contributed by atoms with van der Waals surface area (Å²) < 4.78 is 39.1. The number of nitrogens with zero attached hydrogens (tertiary/aromatic N) is 4. The van der Waals surface area contributed by atoms with Crippen molar-refractivity contribution < 1.29 is 17.3 Å². The summed E-state index contributed by atoms with van der Waals surface area (Å²) in [7, 11) is -2.33. The van der Waals surface area contributed by atoms with E-state index in [2.05, 4.69) is 19.9 Å². The molecule has 0 bridgehead atoms. The summed E-state index contributed by atoms with van der Waals surface area (Å²) in [5, 5.41) is 7.71. The first kappa shape index (κ1) is 17.1. The van der Waals surface area contributed by atoms with Crippen LogP contribution >= 0.6 is 0 Å². The Labute approximate surface area is 152 Å². The minimum Gasteiger partial charge on any atom is -0.419 e. The lowest BCUT2D eigenvalue weighted by molar-refractivity contribution is 0.494. The predicted octanol–water partition coefficient (Wildman–Crippen LogP) is 1.05. The van der Waals surface area contributed by atoms with Crippen molar-refractivity contribution in [1.82, 2.24) is 24.5 Å². The Morgan fingerprint density at radius 2 is 1.89 bits per heavy atom. The molecule has 4 rings (SSSR count). The Kier molecular flexibility index (Phi) is 4.09. The zero-order valence-electron chi connectivity index (χ0n) is 14.0. The van der Waals surface area contributed by atoms with Crippen molar-refractivity contribution in [2.75, 3.05) is 0 Å². The molecule has 11 heteroatoms. The Balaban J connectivity index is 1.54. The maximum atomic E-state index is 12.5. The van der Waals surface area contributed by atoms with Gasteiger partial charge in [0, 0.05) is 31.1 Å². The molecule has 0 saturated heterocycles. The number of oxazole rings is 1. The average Bonchev–Trinajstić information content (AvgIpc) is 3.26. The van der Waals surface area contributed by atoms with Gasteiger partial charge in [-0.05, 0) is 24.3 Å². The summed E-state index contributed by atoms with van der Waals surface area (Å²) in [6.07, 6.45) is 3.17. The molecule has 3 aromatic heterocycles. The summed E-state index contributed by atoms with van der Waals surface area (Å²) in [6.45, 7) is -0.183. The molecule has 27 heavy (non-hydrogen) atoms. The molecule has 0 aliphatic rings. The molecule has 0 atom stereocenters. The van der Waals surface area contributed by atoms with Crippen LogP contribution in [0.15, 0.2) is 61.2 Å². The van der Waals surface area contributed by atoms with E-state index in [0.29, 0.717) is 11.1 Å². The zero-order valence-corrected chi connectivity index (χ0v) is 14.8. The van der Waals surface area contributed by atoms with Crippen molar-refractivity contribution >= 4 is 21.1 Å². The van der Waals surface area contributed by atoms with Crippen LogP contribution in [0, 0.1) is 0 Å². The summed E-state index contributed by atoms with van der Waals surface area (Å²) in [4.78, 5) is 15.4. The number of aromatic nitrogens is 4. The van der Waals surface area contributed by atoms with E-state index in [-0.39, 0.29) is 28.8 Å². The summed E-state index contributed by atoms with van der Waals surface area (Å²) in [5.74, 6) is -0.196. The number of pyridine rings is 1. The molecule has 0 aliphatic heterocycles. The van der Waals surface area contributed by atoms with Crippen molar-refractivity contribution in [2.24, 2.45) is 7.05 Å². The van der Waals surface area contributed by atoms with E-state index in [1.54, 1.807) is 24.5 Å². The first-order valence-corrected chi connectivity index (χ1v) is 9.24. The number of nitrogens with one attached hydrogen (secondary N) is 1. The average molecular weight is 387 g/mol. The third kappa shape index (κ3) is 3.25. The maximum absolute atomic E-state index is 12.5. The van der Waals surface area contributed by atoms with Crippen LogP contribution in [0.4, 0.5) is 0 Å². The van der Waals surface area contributed by atoms with Gasteiger partial charge in [0.25, 0.3) is 0 Å². The molecule has 0 unspecified atom stereocenters. The number of fused-ring (bicyclic) bond motifs is 1. The van der Waals surface area contributed by atoms with E-state index in [1.165, 1.54) is 29.8 Å². The molecule has 0 aliphatic carbocycles. The van der Waals surface area contributed by atoms with E-state index >= 15 is 0 Å². The fraction of sp³-hybridized carbons (Fsp3) is 0.125. The van der Waals surface area contributed by atoms with Gasteiger partial charge in [0.1, 0.15) is 0 Å². The lowest BCUT2D eigenvalue weighted by Crippen LogP contribution is -2.23. The summed E-state index contributed by atoms with van der Waals surface area (Å²) in [5.41, 5.74) is 1.36. The van der Waals surface area contributed by atoms with Crippen LogP contribution in [0.5, 0.6) is 0 Å². The number of aryl methyl sites for hydroxylation is 1. The highest BCUT2D eigenvalue weighted by molar-refractivity contribution is 7.89. The van der Waals surface area contributed by atoms with Gasteiger partial charge in [-0.1, -0.05) is 0 Å². The standard InChI is InChI=1S/C16H13N5O5S/c1-21-12-3-2-11(8-13(12)25-16(21)22)27(23,24)18-9-14-19-20-15(26-14)10-4-6-17-7-5-10/h2-8,18H,9H2,1H3. The Morgan fingerprint density at radius 1 is 1.11 bits per heavy atom. The van der Waals surface area contributed by atoms with Crippen LogP contribution in [0.25, 0.3) is 22.6 Å². The molecule has 1 N–H and O–H groups in total. The monoisotopic (exact) mass is 387 g/mol. The van der Waals surface area contributed by atoms with Gasteiger partial charge in [0.15, 0.2) is 5.58 Å². The van der Waals surface area contributed by atoms with Crippen LogP contribution in [0.1, 0.15) is 5.89 Å². The predicted molar refractivity (Wildman–Crippen MR) is 93.0 cm³/mol. The molecule has 0 radical (unpaired) electrons. The zero-order chi connectivity index (χ0) is 19.0. The van der Waals surface area contributed by atoms with E-state index < -0.39 is 15.8 Å². The highest BCUT2D eigenvalue weighted by atomic mass is 32.2. The molecule has 0 spiro atoms. The third-order valence-corrected chi connectivity index (χ3v) is 5.28. The SMILES string of the molecule is Cn1c(=O)oc2cc(S(=O)(=O)NCc3nnc(-c4ccncc4)o3)ccc21. The second-order valence-electron chi connectivity index (χ2n) is 5.62. The molecule has 0 fully saturated rings. The molecule has 4 aromatic rings. The van der Waals surface area contributed by atoms with Crippen molar-refractivity contribution in [3.63, 3.8) is 0 Å². The van der Waals surface area contributed by atoms with Gasteiger partial charge < -0.3 is 8.83 Å². The number of sulfonamides is 1. The fourth-order valence-corrected chi connectivity index (χ4v) is 3.45. The Bertz CT molecular complexity index is 1270. The van der Waals surface area contributed by atoms with Crippen molar-refractivity contribution in [1.29, 1.82) is 0 Å². The van der Waals surface area contributed by atoms with E-state index in [1.807, 2.05) is 0 Å². The highest BCUT2D eigenvalue weighted by Crippen LogP contribution is 2.19. The minimum atomic E-state index is -3.87. The molecular weight excluding hydrogens is 374 g/mol. The van der Waals surface area contributed by atoms with Gasteiger partial charge in [0.05, 0.1) is 17.0 Å². The quantitative estimate of drug-likeness (QED) is 0.537. The van der Waals surface area contributed by atoms with Crippen LogP contribution in [-0.2, 0) is 23.6 Å². The molecule has 3 heterocycles.